The standard InChI is InChI=1S/C16H21NO/c1-4-15(14-9-7-12(2)8-10-14)17-13(3)16-6-5-11-18-16/h5-11,13,15,17H,4H2,1-3H3/t13-,15?/m1/s1. The van der Waals surface area contributed by atoms with E-state index in [4.69, 9.17) is 4.42 Å². The zero-order valence-electron chi connectivity index (χ0n) is 11.3. The normalized spacial score (nSPS) is 14.4. The molecule has 2 atom stereocenters. The summed E-state index contributed by atoms with van der Waals surface area (Å²) in [6, 6.07) is 13.3. The number of hydrogen-bond donors (Lipinski definition) is 1. The fourth-order valence-corrected chi connectivity index (χ4v) is 2.17. The highest BCUT2D eigenvalue weighted by Crippen LogP contribution is 2.22. The van der Waals surface area contributed by atoms with E-state index >= 15 is 0 Å². The molecule has 2 rings (SSSR count). The van der Waals surface area contributed by atoms with Crippen LogP contribution in [0, 0.1) is 6.92 Å². The van der Waals surface area contributed by atoms with Gasteiger partial charge >= 0.3 is 0 Å². The van der Waals surface area contributed by atoms with Crippen molar-refractivity contribution in [2.75, 3.05) is 0 Å². The first-order valence-corrected chi connectivity index (χ1v) is 6.56. The molecule has 96 valence electrons. The second kappa shape index (κ2) is 5.87. The van der Waals surface area contributed by atoms with Gasteiger partial charge in [-0.2, -0.15) is 0 Å². The van der Waals surface area contributed by atoms with Gasteiger partial charge in [0.25, 0.3) is 0 Å². The number of rotatable bonds is 5. The third kappa shape index (κ3) is 3.02. The molecule has 1 N–H and O–H groups in total. The van der Waals surface area contributed by atoms with Gasteiger partial charge in [-0.15, -0.1) is 0 Å². The fraction of sp³-hybridized carbons (Fsp3) is 0.375. The van der Waals surface area contributed by atoms with Gasteiger partial charge < -0.3 is 9.73 Å². The van der Waals surface area contributed by atoms with E-state index in [1.54, 1.807) is 6.26 Å². The van der Waals surface area contributed by atoms with E-state index in [9.17, 15) is 0 Å². The van der Waals surface area contributed by atoms with Crippen molar-refractivity contribution in [3.8, 4) is 0 Å². The van der Waals surface area contributed by atoms with E-state index in [1.807, 2.05) is 12.1 Å². The van der Waals surface area contributed by atoms with Gasteiger partial charge in [0.15, 0.2) is 0 Å². The molecule has 0 radical (unpaired) electrons. The molecule has 1 aromatic heterocycles. The van der Waals surface area contributed by atoms with E-state index < -0.39 is 0 Å². The molecule has 0 aliphatic carbocycles. The summed E-state index contributed by atoms with van der Waals surface area (Å²) in [5.74, 6) is 0.987. The monoisotopic (exact) mass is 243 g/mol. The van der Waals surface area contributed by atoms with Crippen molar-refractivity contribution < 1.29 is 4.42 Å². The van der Waals surface area contributed by atoms with Crippen LogP contribution < -0.4 is 5.32 Å². The van der Waals surface area contributed by atoms with Gasteiger partial charge in [-0.3, -0.25) is 0 Å². The molecular formula is C16H21NO. The van der Waals surface area contributed by atoms with Crippen LogP contribution >= 0.6 is 0 Å². The minimum absolute atomic E-state index is 0.228. The predicted molar refractivity (Wildman–Crippen MR) is 74.5 cm³/mol. The summed E-state index contributed by atoms with van der Waals surface area (Å²) in [7, 11) is 0. The van der Waals surface area contributed by atoms with Gasteiger partial charge in [0.05, 0.1) is 12.3 Å². The summed E-state index contributed by atoms with van der Waals surface area (Å²) in [6.07, 6.45) is 2.79. The molecule has 0 saturated carbocycles. The van der Waals surface area contributed by atoms with Crippen molar-refractivity contribution in [1.29, 1.82) is 0 Å². The van der Waals surface area contributed by atoms with E-state index in [0.717, 1.165) is 12.2 Å². The van der Waals surface area contributed by atoms with E-state index in [1.165, 1.54) is 11.1 Å². The largest absolute Gasteiger partial charge is 0.468 e. The van der Waals surface area contributed by atoms with Gasteiger partial charge in [0.1, 0.15) is 5.76 Å². The third-order valence-electron chi connectivity index (χ3n) is 3.31. The Balaban J connectivity index is 2.07. The van der Waals surface area contributed by atoms with Crippen LogP contribution in [0.25, 0.3) is 0 Å². The molecule has 2 aromatic rings. The molecule has 2 nitrogen and oxygen atoms in total. The summed E-state index contributed by atoms with van der Waals surface area (Å²) in [6.45, 7) is 6.45. The molecule has 0 amide bonds. The van der Waals surface area contributed by atoms with Gasteiger partial charge in [-0.25, -0.2) is 0 Å². The van der Waals surface area contributed by atoms with Crippen molar-refractivity contribution in [2.24, 2.45) is 0 Å². The highest BCUT2D eigenvalue weighted by Gasteiger charge is 2.15. The summed E-state index contributed by atoms with van der Waals surface area (Å²) in [5.41, 5.74) is 2.63. The molecule has 0 spiro atoms. The lowest BCUT2D eigenvalue weighted by Gasteiger charge is -2.21. The first-order valence-electron chi connectivity index (χ1n) is 6.56. The van der Waals surface area contributed by atoms with Crippen LogP contribution in [0.3, 0.4) is 0 Å². The topological polar surface area (TPSA) is 25.2 Å². The second-order valence-corrected chi connectivity index (χ2v) is 4.78. The second-order valence-electron chi connectivity index (χ2n) is 4.78. The molecule has 0 aliphatic heterocycles. The number of hydrogen-bond acceptors (Lipinski definition) is 2. The van der Waals surface area contributed by atoms with E-state index in [0.29, 0.717) is 6.04 Å². The highest BCUT2D eigenvalue weighted by molar-refractivity contribution is 5.24. The predicted octanol–water partition coefficient (Wildman–Crippen LogP) is 4.39. The maximum Gasteiger partial charge on any atom is 0.120 e. The lowest BCUT2D eigenvalue weighted by molar-refractivity contribution is 0.387. The summed E-state index contributed by atoms with van der Waals surface area (Å²) < 4.78 is 5.43. The minimum atomic E-state index is 0.228. The fourth-order valence-electron chi connectivity index (χ4n) is 2.17. The molecule has 18 heavy (non-hydrogen) atoms. The molecule has 2 heteroatoms. The Morgan fingerprint density at radius 2 is 1.89 bits per heavy atom. The Bertz CT molecular complexity index is 458. The zero-order valence-corrected chi connectivity index (χ0v) is 11.3. The van der Waals surface area contributed by atoms with Gasteiger partial charge in [0, 0.05) is 6.04 Å². The Labute approximate surface area is 109 Å². The van der Waals surface area contributed by atoms with Crippen LogP contribution in [-0.4, -0.2) is 0 Å². The summed E-state index contributed by atoms with van der Waals surface area (Å²) in [5, 5.41) is 3.61. The maximum atomic E-state index is 5.43. The first-order chi connectivity index (χ1) is 8.70. The van der Waals surface area contributed by atoms with Crippen LogP contribution in [0.1, 0.15) is 49.2 Å². The lowest BCUT2D eigenvalue weighted by atomic mass is 10.0. The quantitative estimate of drug-likeness (QED) is 0.842. The van der Waals surface area contributed by atoms with Crippen molar-refractivity contribution in [3.63, 3.8) is 0 Å². The van der Waals surface area contributed by atoms with E-state index in [-0.39, 0.29) is 6.04 Å². The van der Waals surface area contributed by atoms with Crippen LogP contribution in [0.2, 0.25) is 0 Å². The molecule has 1 heterocycles. The minimum Gasteiger partial charge on any atom is -0.468 e. The van der Waals surface area contributed by atoms with Gasteiger partial charge in [-0.1, -0.05) is 36.8 Å². The molecule has 0 aliphatic rings. The highest BCUT2D eigenvalue weighted by atomic mass is 16.3. The Hall–Kier alpha value is -1.54. The summed E-state index contributed by atoms with van der Waals surface area (Å²) >= 11 is 0. The summed E-state index contributed by atoms with van der Waals surface area (Å²) in [4.78, 5) is 0. The molecule has 0 bridgehead atoms. The lowest BCUT2D eigenvalue weighted by Crippen LogP contribution is -2.23. The smallest absolute Gasteiger partial charge is 0.120 e. The number of nitrogens with one attached hydrogen (secondary N) is 1. The van der Waals surface area contributed by atoms with Crippen LogP contribution in [0.4, 0.5) is 0 Å². The molecule has 0 fully saturated rings. The molecular weight excluding hydrogens is 222 g/mol. The third-order valence-corrected chi connectivity index (χ3v) is 3.31. The maximum absolute atomic E-state index is 5.43. The molecule has 0 saturated heterocycles. The number of benzene rings is 1. The van der Waals surface area contributed by atoms with E-state index in [2.05, 4.69) is 50.4 Å². The molecule has 1 unspecified atom stereocenters. The van der Waals surface area contributed by atoms with Gasteiger partial charge in [-0.05, 0) is 38.0 Å². The number of furan rings is 1. The SMILES string of the molecule is CCC(N[C@H](C)c1ccco1)c1ccc(C)cc1. The number of aryl methyl sites for hydroxylation is 1. The average molecular weight is 243 g/mol. The Morgan fingerprint density at radius 1 is 1.17 bits per heavy atom. The Kier molecular flexibility index (Phi) is 4.21. The zero-order chi connectivity index (χ0) is 13.0. The molecule has 1 aromatic carbocycles. The average Bonchev–Trinajstić information content (AvgIpc) is 2.91. The van der Waals surface area contributed by atoms with Gasteiger partial charge in [0.2, 0.25) is 0 Å². The van der Waals surface area contributed by atoms with Crippen LogP contribution in [0.5, 0.6) is 0 Å². The first kappa shape index (κ1) is 12.9. The van der Waals surface area contributed by atoms with Crippen molar-refractivity contribution >= 4 is 0 Å². The Morgan fingerprint density at radius 3 is 2.44 bits per heavy atom. The van der Waals surface area contributed by atoms with Crippen molar-refractivity contribution in [3.05, 3.63) is 59.5 Å². The van der Waals surface area contributed by atoms with Crippen LogP contribution in [-0.2, 0) is 0 Å². The van der Waals surface area contributed by atoms with Crippen molar-refractivity contribution in [1.82, 2.24) is 5.32 Å². The van der Waals surface area contributed by atoms with Crippen LogP contribution in [0.15, 0.2) is 47.1 Å². The van der Waals surface area contributed by atoms with Crippen molar-refractivity contribution in [2.45, 2.75) is 39.3 Å².